The standard InChI is InChI=1S/C15H14BrN3O3/c1-10(17-12-8-6-11(16)7-9-12)15(20)18-13-4-2-3-5-14(13)19(21)22/h2-10,17H,1H3,(H,18,20)/t10-/m0/s1. The van der Waals surface area contributed by atoms with Crippen LogP contribution in [0.3, 0.4) is 0 Å². The zero-order valence-electron chi connectivity index (χ0n) is 11.7. The number of hydrogen-bond donors (Lipinski definition) is 2. The van der Waals surface area contributed by atoms with Crippen molar-refractivity contribution in [2.24, 2.45) is 0 Å². The number of nitrogens with zero attached hydrogens (tertiary/aromatic N) is 1. The number of nitrogens with one attached hydrogen (secondary N) is 2. The first-order chi connectivity index (χ1) is 10.5. The van der Waals surface area contributed by atoms with E-state index in [2.05, 4.69) is 26.6 Å². The van der Waals surface area contributed by atoms with Crippen molar-refractivity contribution in [3.8, 4) is 0 Å². The number of hydrogen-bond acceptors (Lipinski definition) is 4. The third kappa shape index (κ3) is 4.05. The molecule has 0 saturated heterocycles. The molecule has 0 heterocycles. The maximum atomic E-state index is 12.2. The summed E-state index contributed by atoms with van der Waals surface area (Å²) in [6.45, 7) is 1.69. The van der Waals surface area contributed by atoms with E-state index in [-0.39, 0.29) is 17.3 Å². The minimum Gasteiger partial charge on any atom is -0.374 e. The van der Waals surface area contributed by atoms with Crippen molar-refractivity contribution >= 4 is 38.9 Å². The van der Waals surface area contributed by atoms with Crippen LogP contribution in [0.15, 0.2) is 53.0 Å². The lowest BCUT2D eigenvalue weighted by molar-refractivity contribution is -0.383. The Hall–Kier alpha value is -2.41. The van der Waals surface area contributed by atoms with Gasteiger partial charge in [0, 0.05) is 16.2 Å². The third-order valence-corrected chi connectivity index (χ3v) is 3.51. The van der Waals surface area contributed by atoms with Crippen molar-refractivity contribution in [3.63, 3.8) is 0 Å². The number of benzene rings is 2. The van der Waals surface area contributed by atoms with Gasteiger partial charge in [0.15, 0.2) is 0 Å². The van der Waals surface area contributed by atoms with Crippen molar-refractivity contribution in [1.82, 2.24) is 0 Å². The molecule has 1 amide bonds. The minimum absolute atomic E-state index is 0.133. The van der Waals surface area contributed by atoms with Crippen LogP contribution < -0.4 is 10.6 Å². The second-order valence-corrected chi connectivity index (χ2v) is 5.55. The van der Waals surface area contributed by atoms with E-state index in [9.17, 15) is 14.9 Å². The molecule has 0 radical (unpaired) electrons. The van der Waals surface area contributed by atoms with E-state index in [0.717, 1.165) is 10.2 Å². The van der Waals surface area contributed by atoms with Crippen molar-refractivity contribution < 1.29 is 9.72 Å². The number of carbonyl (C=O) groups is 1. The molecular weight excluding hydrogens is 350 g/mol. The summed E-state index contributed by atoms with van der Waals surface area (Å²) in [4.78, 5) is 22.6. The summed E-state index contributed by atoms with van der Waals surface area (Å²) in [5, 5.41) is 16.5. The number of halogens is 1. The first kappa shape index (κ1) is 16.0. The summed E-state index contributed by atoms with van der Waals surface area (Å²) in [7, 11) is 0. The van der Waals surface area contributed by atoms with Crippen LogP contribution in [0.5, 0.6) is 0 Å². The molecule has 0 fully saturated rings. The maximum Gasteiger partial charge on any atom is 0.292 e. The quantitative estimate of drug-likeness (QED) is 0.624. The monoisotopic (exact) mass is 363 g/mol. The van der Waals surface area contributed by atoms with Gasteiger partial charge in [0.2, 0.25) is 5.91 Å². The fraction of sp³-hybridized carbons (Fsp3) is 0.133. The van der Waals surface area contributed by atoms with Crippen LogP contribution in [0.25, 0.3) is 0 Å². The molecule has 0 unspecified atom stereocenters. The predicted octanol–water partition coefficient (Wildman–Crippen LogP) is 3.80. The number of nitro benzene ring substituents is 1. The van der Waals surface area contributed by atoms with E-state index < -0.39 is 11.0 Å². The number of amides is 1. The highest BCUT2D eigenvalue weighted by atomic mass is 79.9. The zero-order chi connectivity index (χ0) is 16.1. The Bertz CT molecular complexity index is 689. The van der Waals surface area contributed by atoms with E-state index >= 15 is 0 Å². The van der Waals surface area contributed by atoms with Crippen LogP contribution in [0.1, 0.15) is 6.92 Å². The van der Waals surface area contributed by atoms with Gasteiger partial charge in [-0.2, -0.15) is 0 Å². The van der Waals surface area contributed by atoms with Crippen LogP contribution in [-0.4, -0.2) is 16.9 Å². The van der Waals surface area contributed by atoms with E-state index in [1.807, 2.05) is 24.3 Å². The van der Waals surface area contributed by atoms with Crippen LogP contribution in [0.2, 0.25) is 0 Å². The molecule has 1 atom stereocenters. The van der Waals surface area contributed by atoms with Gasteiger partial charge in [-0.3, -0.25) is 14.9 Å². The minimum atomic E-state index is -0.541. The molecule has 2 N–H and O–H groups in total. The average Bonchev–Trinajstić information content (AvgIpc) is 2.49. The Labute approximate surface area is 135 Å². The van der Waals surface area contributed by atoms with Crippen molar-refractivity contribution in [2.75, 3.05) is 10.6 Å². The topological polar surface area (TPSA) is 84.3 Å². The molecule has 2 aromatic carbocycles. The Balaban J connectivity index is 2.05. The summed E-state index contributed by atoms with van der Waals surface area (Å²) in [5.74, 6) is -0.350. The van der Waals surface area contributed by atoms with Gasteiger partial charge in [0.25, 0.3) is 5.69 Å². The van der Waals surface area contributed by atoms with Crippen LogP contribution in [-0.2, 0) is 4.79 Å². The largest absolute Gasteiger partial charge is 0.374 e. The van der Waals surface area contributed by atoms with Gasteiger partial charge < -0.3 is 10.6 Å². The first-order valence-electron chi connectivity index (χ1n) is 6.54. The number of para-hydroxylation sites is 2. The number of carbonyl (C=O) groups excluding carboxylic acids is 1. The second kappa shape index (κ2) is 7.04. The number of anilines is 2. The van der Waals surface area contributed by atoms with Crippen molar-refractivity contribution in [2.45, 2.75) is 13.0 Å². The predicted molar refractivity (Wildman–Crippen MR) is 89.0 cm³/mol. The second-order valence-electron chi connectivity index (χ2n) is 4.64. The summed E-state index contributed by atoms with van der Waals surface area (Å²) in [5.41, 5.74) is 0.835. The molecule has 0 aliphatic rings. The highest BCUT2D eigenvalue weighted by Crippen LogP contribution is 2.23. The van der Waals surface area contributed by atoms with Gasteiger partial charge in [-0.1, -0.05) is 28.1 Å². The lowest BCUT2D eigenvalue weighted by Gasteiger charge is -2.15. The average molecular weight is 364 g/mol. The molecule has 0 bridgehead atoms. The highest BCUT2D eigenvalue weighted by Gasteiger charge is 2.18. The van der Waals surface area contributed by atoms with Gasteiger partial charge in [-0.05, 0) is 37.3 Å². The number of nitro groups is 1. The summed E-state index contributed by atoms with van der Waals surface area (Å²) in [6.07, 6.45) is 0. The molecule has 114 valence electrons. The smallest absolute Gasteiger partial charge is 0.292 e. The molecule has 6 nitrogen and oxygen atoms in total. The molecular formula is C15H14BrN3O3. The van der Waals surface area contributed by atoms with Gasteiger partial charge in [-0.15, -0.1) is 0 Å². The normalized spacial score (nSPS) is 11.5. The zero-order valence-corrected chi connectivity index (χ0v) is 13.3. The third-order valence-electron chi connectivity index (χ3n) is 2.98. The Morgan fingerprint density at radius 3 is 2.45 bits per heavy atom. The maximum absolute atomic E-state index is 12.2. The summed E-state index contributed by atoms with van der Waals surface area (Å²) < 4.78 is 0.940. The fourth-order valence-electron chi connectivity index (χ4n) is 1.84. The molecule has 2 aromatic rings. The van der Waals surface area contributed by atoms with Crippen LogP contribution in [0.4, 0.5) is 17.1 Å². The van der Waals surface area contributed by atoms with E-state index in [1.165, 1.54) is 12.1 Å². The molecule has 0 aromatic heterocycles. The molecule has 0 aliphatic heterocycles. The van der Waals surface area contributed by atoms with Crippen LogP contribution in [0, 0.1) is 10.1 Å². The van der Waals surface area contributed by atoms with Gasteiger partial charge >= 0.3 is 0 Å². The molecule has 0 saturated carbocycles. The highest BCUT2D eigenvalue weighted by molar-refractivity contribution is 9.10. The Morgan fingerprint density at radius 1 is 1.18 bits per heavy atom. The SMILES string of the molecule is C[C@H](Nc1ccc(Br)cc1)C(=O)Nc1ccccc1[N+](=O)[O-]. The molecule has 7 heteroatoms. The number of rotatable bonds is 5. The van der Waals surface area contributed by atoms with Gasteiger partial charge in [0.1, 0.15) is 11.7 Å². The van der Waals surface area contributed by atoms with Crippen LogP contribution >= 0.6 is 15.9 Å². The molecule has 2 rings (SSSR count). The van der Waals surface area contributed by atoms with E-state index in [4.69, 9.17) is 0 Å². The Morgan fingerprint density at radius 2 is 1.82 bits per heavy atom. The Kier molecular flexibility index (Phi) is 5.11. The molecule has 22 heavy (non-hydrogen) atoms. The lowest BCUT2D eigenvalue weighted by atomic mass is 10.2. The van der Waals surface area contributed by atoms with Gasteiger partial charge in [0.05, 0.1) is 4.92 Å². The van der Waals surface area contributed by atoms with E-state index in [0.29, 0.717) is 0 Å². The van der Waals surface area contributed by atoms with Gasteiger partial charge in [-0.25, -0.2) is 0 Å². The fourth-order valence-corrected chi connectivity index (χ4v) is 2.11. The van der Waals surface area contributed by atoms with Crippen molar-refractivity contribution in [3.05, 3.63) is 63.1 Å². The van der Waals surface area contributed by atoms with Crippen molar-refractivity contribution in [1.29, 1.82) is 0 Å². The summed E-state index contributed by atoms with van der Waals surface area (Å²) in [6, 6.07) is 12.9. The lowest BCUT2D eigenvalue weighted by Crippen LogP contribution is -2.32. The molecule has 0 spiro atoms. The first-order valence-corrected chi connectivity index (χ1v) is 7.33. The summed E-state index contributed by atoms with van der Waals surface area (Å²) >= 11 is 3.34. The molecule has 0 aliphatic carbocycles. The van der Waals surface area contributed by atoms with E-state index in [1.54, 1.807) is 19.1 Å².